The van der Waals surface area contributed by atoms with Crippen LogP contribution in [0.5, 0.6) is 11.5 Å². The van der Waals surface area contributed by atoms with Crippen LogP contribution in [0.25, 0.3) is 0 Å². The quantitative estimate of drug-likeness (QED) is 0.624. The van der Waals surface area contributed by atoms with Gasteiger partial charge in [0.05, 0.1) is 0 Å². The van der Waals surface area contributed by atoms with E-state index in [1.165, 1.54) is 7.05 Å². The Balaban J connectivity index is 2.07. The van der Waals surface area contributed by atoms with Gasteiger partial charge in [-0.2, -0.15) is 0 Å². The second-order valence-electron chi connectivity index (χ2n) is 7.52. The molecule has 1 aliphatic rings. The first-order chi connectivity index (χ1) is 12.8. The predicted octanol–water partition coefficient (Wildman–Crippen LogP) is 4.31. The fraction of sp³-hybridized carbons (Fsp3) is 0.650. The molecule has 7 heteroatoms. The SMILES string of the molecule is CCCCN(CCCC)S(=O)N(C)C(=O)Oc1cccc2c1OC(C)(C)C2. The molecule has 0 spiro atoms. The number of nitrogens with zero attached hydrogens (tertiary/aromatic N) is 2. The lowest BCUT2D eigenvalue weighted by Gasteiger charge is -2.26. The van der Waals surface area contributed by atoms with E-state index in [0.717, 1.165) is 42.0 Å². The summed E-state index contributed by atoms with van der Waals surface area (Å²) in [7, 11) is 1.51. The van der Waals surface area contributed by atoms with Crippen molar-refractivity contribution in [2.45, 2.75) is 65.4 Å². The lowest BCUT2D eigenvalue weighted by Crippen LogP contribution is -2.42. The number of amides is 1. The fourth-order valence-corrected chi connectivity index (χ4v) is 4.08. The molecule has 152 valence electrons. The summed E-state index contributed by atoms with van der Waals surface area (Å²) >= 11 is -1.57. The molecule has 1 atom stereocenters. The Hall–Kier alpha value is -1.60. The van der Waals surface area contributed by atoms with E-state index in [1.54, 1.807) is 6.07 Å². The first-order valence-corrected chi connectivity index (χ1v) is 10.8. The Morgan fingerprint density at radius 1 is 1.22 bits per heavy atom. The normalized spacial score (nSPS) is 15.9. The number of unbranched alkanes of at least 4 members (excludes halogenated alkanes) is 2. The molecule has 0 bridgehead atoms. The van der Waals surface area contributed by atoms with E-state index in [0.29, 0.717) is 24.6 Å². The lowest BCUT2D eigenvalue weighted by atomic mass is 10.0. The maximum atomic E-state index is 12.9. The second kappa shape index (κ2) is 9.55. The van der Waals surface area contributed by atoms with Gasteiger partial charge >= 0.3 is 6.09 Å². The summed E-state index contributed by atoms with van der Waals surface area (Å²) in [6.45, 7) is 9.57. The number of carbonyl (C=O) groups is 1. The molecule has 1 amide bonds. The van der Waals surface area contributed by atoms with Gasteiger partial charge in [-0.15, -0.1) is 0 Å². The zero-order valence-electron chi connectivity index (χ0n) is 17.1. The first kappa shape index (κ1) is 21.7. The van der Waals surface area contributed by atoms with Gasteiger partial charge in [0, 0.05) is 32.1 Å². The van der Waals surface area contributed by atoms with Gasteiger partial charge < -0.3 is 9.47 Å². The summed E-state index contributed by atoms with van der Waals surface area (Å²) < 4.78 is 27.3. The topological polar surface area (TPSA) is 59.1 Å². The summed E-state index contributed by atoms with van der Waals surface area (Å²) in [6, 6.07) is 5.53. The molecule has 0 saturated carbocycles. The van der Waals surface area contributed by atoms with Crippen molar-refractivity contribution in [3.63, 3.8) is 0 Å². The molecule has 1 aromatic rings. The number of hydrogen-bond acceptors (Lipinski definition) is 4. The van der Waals surface area contributed by atoms with Gasteiger partial charge in [0.15, 0.2) is 11.5 Å². The molecule has 0 radical (unpaired) electrons. The molecule has 1 unspecified atom stereocenters. The van der Waals surface area contributed by atoms with Crippen molar-refractivity contribution in [2.75, 3.05) is 20.1 Å². The Kier molecular flexibility index (Phi) is 7.68. The van der Waals surface area contributed by atoms with Crippen LogP contribution in [0.2, 0.25) is 0 Å². The molecule has 1 aromatic carbocycles. The summed E-state index contributed by atoms with van der Waals surface area (Å²) in [5.41, 5.74) is 0.693. The summed E-state index contributed by atoms with van der Waals surface area (Å²) in [6.07, 6.45) is 4.01. The lowest BCUT2D eigenvalue weighted by molar-refractivity contribution is 0.131. The van der Waals surface area contributed by atoms with Gasteiger partial charge in [0.1, 0.15) is 5.60 Å². The number of para-hydroxylation sites is 1. The maximum Gasteiger partial charge on any atom is 0.428 e. The Morgan fingerprint density at radius 3 is 2.44 bits per heavy atom. The zero-order chi connectivity index (χ0) is 20.0. The third-order valence-corrected chi connectivity index (χ3v) is 5.91. The van der Waals surface area contributed by atoms with Gasteiger partial charge in [0.25, 0.3) is 0 Å². The average molecular weight is 397 g/mol. The van der Waals surface area contributed by atoms with Crippen LogP contribution in [-0.4, -0.2) is 44.7 Å². The van der Waals surface area contributed by atoms with Crippen molar-refractivity contribution in [1.82, 2.24) is 8.61 Å². The van der Waals surface area contributed by atoms with Crippen LogP contribution in [0.3, 0.4) is 0 Å². The number of fused-ring (bicyclic) bond motifs is 1. The van der Waals surface area contributed by atoms with Crippen molar-refractivity contribution >= 4 is 17.3 Å². The van der Waals surface area contributed by atoms with Gasteiger partial charge in [-0.3, -0.25) is 0 Å². The van der Waals surface area contributed by atoms with Gasteiger partial charge in [-0.1, -0.05) is 38.8 Å². The van der Waals surface area contributed by atoms with E-state index < -0.39 is 17.3 Å². The number of rotatable bonds is 9. The minimum Gasteiger partial charge on any atom is -0.483 e. The molecule has 0 saturated heterocycles. The molecule has 1 aliphatic heterocycles. The van der Waals surface area contributed by atoms with Crippen LogP contribution in [0, 0.1) is 0 Å². The van der Waals surface area contributed by atoms with E-state index in [9.17, 15) is 9.00 Å². The highest BCUT2D eigenvalue weighted by Gasteiger charge is 2.33. The summed E-state index contributed by atoms with van der Waals surface area (Å²) in [5.74, 6) is 0.976. The van der Waals surface area contributed by atoms with Crippen LogP contribution in [0.4, 0.5) is 4.79 Å². The van der Waals surface area contributed by atoms with Crippen LogP contribution in [0.1, 0.15) is 58.9 Å². The van der Waals surface area contributed by atoms with Gasteiger partial charge in [-0.25, -0.2) is 17.6 Å². The minimum atomic E-state index is -1.57. The summed E-state index contributed by atoms with van der Waals surface area (Å²) in [5, 5.41) is 0. The Bertz CT molecular complexity index is 670. The average Bonchev–Trinajstić information content (AvgIpc) is 2.95. The molecule has 0 fully saturated rings. The highest BCUT2D eigenvalue weighted by Crippen LogP contribution is 2.41. The third-order valence-electron chi connectivity index (χ3n) is 4.49. The highest BCUT2D eigenvalue weighted by molar-refractivity contribution is 7.80. The Labute approximate surface area is 165 Å². The molecular formula is C20H32N2O4S. The third kappa shape index (κ3) is 5.69. The van der Waals surface area contributed by atoms with Crippen LogP contribution < -0.4 is 9.47 Å². The molecule has 0 N–H and O–H groups in total. The first-order valence-electron chi connectivity index (χ1n) is 9.72. The van der Waals surface area contributed by atoms with Crippen molar-refractivity contribution < 1.29 is 18.5 Å². The van der Waals surface area contributed by atoms with Crippen molar-refractivity contribution in [3.8, 4) is 11.5 Å². The number of hydrogen-bond donors (Lipinski definition) is 0. The second-order valence-corrected chi connectivity index (χ2v) is 9.04. The molecule has 0 aliphatic carbocycles. The van der Waals surface area contributed by atoms with Gasteiger partial charge in [-0.05, 0) is 32.8 Å². The maximum absolute atomic E-state index is 12.9. The smallest absolute Gasteiger partial charge is 0.428 e. The van der Waals surface area contributed by atoms with E-state index in [-0.39, 0.29) is 5.60 Å². The molecule has 0 aromatic heterocycles. The largest absolute Gasteiger partial charge is 0.483 e. The molecule has 2 rings (SSSR count). The number of ether oxygens (including phenoxy) is 2. The Morgan fingerprint density at radius 2 is 1.85 bits per heavy atom. The van der Waals surface area contributed by atoms with Crippen molar-refractivity contribution in [2.24, 2.45) is 0 Å². The minimum absolute atomic E-state index is 0.323. The molecule has 1 heterocycles. The van der Waals surface area contributed by atoms with Crippen LogP contribution >= 0.6 is 0 Å². The van der Waals surface area contributed by atoms with Crippen molar-refractivity contribution in [3.05, 3.63) is 23.8 Å². The highest BCUT2D eigenvalue weighted by atomic mass is 32.2. The predicted molar refractivity (Wildman–Crippen MR) is 108 cm³/mol. The van der Waals surface area contributed by atoms with Crippen molar-refractivity contribution in [1.29, 1.82) is 0 Å². The number of benzene rings is 1. The van der Waals surface area contributed by atoms with E-state index in [1.807, 2.05) is 30.3 Å². The van der Waals surface area contributed by atoms with E-state index in [4.69, 9.17) is 9.47 Å². The van der Waals surface area contributed by atoms with E-state index in [2.05, 4.69) is 13.8 Å². The number of carbonyl (C=O) groups excluding carboxylic acids is 1. The molecular weight excluding hydrogens is 364 g/mol. The molecule has 6 nitrogen and oxygen atoms in total. The van der Waals surface area contributed by atoms with Crippen LogP contribution in [0.15, 0.2) is 18.2 Å². The fourth-order valence-electron chi connectivity index (χ4n) is 3.00. The zero-order valence-corrected chi connectivity index (χ0v) is 17.9. The van der Waals surface area contributed by atoms with E-state index >= 15 is 0 Å². The summed E-state index contributed by atoms with van der Waals surface area (Å²) in [4.78, 5) is 12.6. The monoisotopic (exact) mass is 396 g/mol. The molecule has 27 heavy (non-hydrogen) atoms. The standard InChI is InChI=1S/C20H32N2O4S/c1-6-8-13-22(14-9-7-2)27(24)21(5)19(23)25-17-12-10-11-16-15-20(3,4)26-18(16)17/h10-12H,6-9,13-15H2,1-5H3. The van der Waals surface area contributed by atoms with Crippen LogP contribution in [-0.2, 0) is 17.6 Å². The van der Waals surface area contributed by atoms with Gasteiger partial charge in [0.2, 0.25) is 11.2 Å².